The van der Waals surface area contributed by atoms with E-state index in [1.54, 1.807) is 19.2 Å². The third-order valence-electron chi connectivity index (χ3n) is 6.92. The Morgan fingerprint density at radius 1 is 1.03 bits per heavy atom. The molecule has 1 saturated heterocycles. The molecule has 2 amide bonds. The van der Waals surface area contributed by atoms with Crippen molar-refractivity contribution in [2.75, 3.05) is 20.7 Å². The van der Waals surface area contributed by atoms with Gasteiger partial charge in [0.05, 0.1) is 19.3 Å². The number of para-hydroxylation sites is 1. The van der Waals surface area contributed by atoms with Crippen molar-refractivity contribution in [3.05, 3.63) is 64.8 Å². The van der Waals surface area contributed by atoms with Gasteiger partial charge in [0.1, 0.15) is 11.8 Å². The third kappa shape index (κ3) is 2.02. The van der Waals surface area contributed by atoms with Gasteiger partial charge < -0.3 is 19.5 Å². The van der Waals surface area contributed by atoms with E-state index in [1.807, 2.05) is 24.3 Å². The largest absolute Gasteiger partial charge is 0.497 e. The molecule has 32 heavy (non-hydrogen) atoms. The summed E-state index contributed by atoms with van der Waals surface area (Å²) >= 11 is 0. The first-order chi connectivity index (χ1) is 15.4. The summed E-state index contributed by atoms with van der Waals surface area (Å²) in [7, 11) is 3.04. The van der Waals surface area contributed by atoms with Crippen molar-refractivity contribution in [2.24, 2.45) is 0 Å². The van der Waals surface area contributed by atoms with Crippen LogP contribution in [-0.4, -0.2) is 64.9 Å². The summed E-state index contributed by atoms with van der Waals surface area (Å²) in [4.78, 5) is 60.4. The zero-order valence-corrected chi connectivity index (χ0v) is 17.5. The van der Waals surface area contributed by atoms with E-state index in [9.17, 15) is 19.2 Å². The van der Waals surface area contributed by atoms with Crippen molar-refractivity contribution in [3.8, 4) is 5.75 Å². The quantitative estimate of drug-likeness (QED) is 0.594. The van der Waals surface area contributed by atoms with E-state index in [4.69, 9.17) is 4.74 Å². The molecule has 1 spiro atoms. The lowest BCUT2D eigenvalue weighted by atomic mass is 9.76. The lowest BCUT2D eigenvalue weighted by Crippen LogP contribution is -2.71. The van der Waals surface area contributed by atoms with Crippen LogP contribution in [-0.2, 0) is 21.5 Å². The average Bonchev–Trinajstić information content (AvgIpc) is 3.27. The number of aromatic nitrogens is 1. The van der Waals surface area contributed by atoms with Gasteiger partial charge >= 0.3 is 0 Å². The van der Waals surface area contributed by atoms with Crippen molar-refractivity contribution in [2.45, 2.75) is 18.0 Å². The van der Waals surface area contributed by atoms with Gasteiger partial charge in [0.2, 0.25) is 28.9 Å². The van der Waals surface area contributed by atoms with Gasteiger partial charge in [0.15, 0.2) is 0 Å². The fourth-order valence-electron chi connectivity index (χ4n) is 5.50. The molecule has 3 aromatic rings. The molecule has 2 atom stereocenters. The highest BCUT2D eigenvalue weighted by atomic mass is 16.5. The molecule has 8 nitrogen and oxygen atoms in total. The first kappa shape index (κ1) is 18.8. The predicted octanol–water partition coefficient (Wildman–Crippen LogP) is 1.68. The molecule has 2 aliphatic heterocycles. The Morgan fingerprint density at radius 2 is 1.78 bits per heavy atom. The zero-order valence-electron chi connectivity index (χ0n) is 17.5. The number of aromatic amines is 1. The Labute approximate surface area is 182 Å². The smallest absolute Gasteiger partial charge is 0.245 e. The number of methoxy groups -OCH3 is 1. The summed E-state index contributed by atoms with van der Waals surface area (Å²) < 4.78 is 5.26. The number of Topliss-reactive ketones (excluding diaryl/α,β-unsaturated/α-hetero) is 2. The van der Waals surface area contributed by atoms with Crippen molar-refractivity contribution >= 4 is 34.3 Å². The highest BCUT2D eigenvalue weighted by Gasteiger charge is 2.66. The number of ether oxygens (including phenoxy) is 1. The number of carbonyl (C=O) groups is 4. The van der Waals surface area contributed by atoms with Gasteiger partial charge in [0, 0.05) is 35.5 Å². The van der Waals surface area contributed by atoms with Crippen LogP contribution < -0.4 is 4.74 Å². The Kier molecular flexibility index (Phi) is 3.56. The lowest BCUT2D eigenvalue weighted by Gasteiger charge is -2.49. The summed E-state index contributed by atoms with van der Waals surface area (Å²) in [6.07, 6.45) is 0.232. The van der Waals surface area contributed by atoms with E-state index in [1.165, 1.54) is 23.0 Å². The second-order valence-corrected chi connectivity index (χ2v) is 8.48. The van der Waals surface area contributed by atoms with Crippen LogP contribution in [0.1, 0.15) is 32.0 Å². The Hall–Kier alpha value is -3.94. The number of carbonyl (C=O) groups excluding carboxylic acids is 4. The molecule has 0 radical (unpaired) electrons. The van der Waals surface area contributed by atoms with E-state index in [0.717, 1.165) is 16.5 Å². The molecule has 2 aromatic carbocycles. The molecular weight excluding hydrogens is 410 g/mol. The SMILES string of the molecule is COc1ccc2c(c1)C(=O)C1(C2=O)c2[nH]c3ccccc3c2C[C@@H]2C(=O)N(C)CC(=O)N21. The summed E-state index contributed by atoms with van der Waals surface area (Å²) in [6.45, 7) is -0.188. The Morgan fingerprint density at radius 3 is 2.56 bits per heavy atom. The maximum atomic E-state index is 14.1. The number of nitrogens with zero attached hydrogens (tertiary/aromatic N) is 2. The topological polar surface area (TPSA) is 99.8 Å². The summed E-state index contributed by atoms with van der Waals surface area (Å²) in [5.41, 5.74) is 0.337. The van der Waals surface area contributed by atoms with Gasteiger partial charge in [0.25, 0.3) is 0 Å². The maximum Gasteiger partial charge on any atom is 0.245 e. The fourth-order valence-corrected chi connectivity index (χ4v) is 5.50. The molecule has 160 valence electrons. The van der Waals surface area contributed by atoms with Crippen LogP contribution in [0.2, 0.25) is 0 Å². The highest BCUT2D eigenvalue weighted by molar-refractivity contribution is 6.34. The van der Waals surface area contributed by atoms with Gasteiger partial charge in [-0.15, -0.1) is 0 Å². The van der Waals surface area contributed by atoms with Crippen LogP contribution in [0.4, 0.5) is 0 Å². The van der Waals surface area contributed by atoms with E-state index in [-0.39, 0.29) is 30.0 Å². The van der Waals surface area contributed by atoms with Crippen molar-refractivity contribution < 1.29 is 23.9 Å². The van der Waals surface area contributed by atoms with Gasteiger partial charge in [-0.05, 0) is 29.8 Å². The standard InChI is InChI=1S/C24H19N3O5/c1-26-11-19(28)27-18(23(26)31)10-15-13-5-3-4-6-17(13)25-20(15)24(27)21(29)14-8-7-12(32-2)9-16(14)22(24)30/h3-9,18,25H,10-11H2,1-2H3/t18-,24?/m1/s1. The lowest BCUT2D eigenvalue weighted by molar-refractivity contribution is -0.159. The summed E-state index contributed by atoms with van der Waals surface area (Å²) in [5, 5.41) is 0.837. The number of hydrogen-bond donors (Lipinski definition) is 1. The average molecular weight is 429 g/mol. The van der Waals surface area contributed by atoms with Crippen molar-refractivity contribution in [1.29, 1.82) is 0 Å². The van der Waals surface area contributed by atoms with E-state index in [0.29, 0.717) is 11.4 Å². The van der Waals surface area contributed by atoms with Crippen LogP contribution in [0.3, 0.4) is 0 Å². The molecule has 1 unspecified atom stereocenters. The molecule has 8 heteroatoms. The number of fused-ring (bicyclic) bond motifs is 7. The fraction of sp³-hybridized carbons (Fsp3) is 0.250. The molecule has 1 aliphatic carbocycles. The number of likely N-dealkylation sites (N-methyl/N-ethyl adjacent to an activating group) is 1. The minimum Gasteiger partial charge on any atom is -0.497 e. The van der Waals surface area contributed by atoms with E-state index in [2.05, 4.69) is 4.98 Å². The minimum absolute atomic E-state index is 0.188. The van der Waals surface area contributed by atoms with Gasteiger partial charge in [-0.25, -0.2) is 0 Å². The minimum atomic E-state index is -1.93. The first-order valence-corrected chi connectivity index (χ1v) is 10.3. The monoisotopic (exact) mass is 429 g/mol. The second kappa shape index (κ2) is 6.06. The molecule has 1 aromatic heterocycles. The number of nitrogens with one attached hydrogen (secondary N) is 1. The normalized spacial score (nSPS) is 24.2. The number of benzene rings is 2. The number of piperazine rings is 1. The number of H-pyrrole nitrogens is 1. The predicted molar refractivity (Wildman–Crippen MR) is 114 cm³/mol. The molecule has 0 saturated carbocycles. The molecule has 6 rings (SSSR count). The molecule has 0 bridgehead atoms. The molecule has 1 N–H and O–H groups in total. The Balaban J connectivity index is 1.70. The van der Waals surface area contributed by atoms with E-state index >= 15 is 0 Å². The molecule has 3 aliphatic rings. The number of rotatable bonds is 1. The number of ketones is 2. The zero-order chi connectivity index (χ0) is 22.4. The number of hydrogen-bond acceptors (Lipinski definition) is 5. The molecule has 1 fully saturated rings. The van der Waals surface area contributed by atoms with Crippen LogP contribution >= 0.6 is 0 Å². The van der Waals surface area contributed by atoms with Gasteiger partial charge in [-0.1, -0.05) is 18.2 Å². The van der Waals surface area contributed by atoms with Crippen LogP contribution in [0.15, 0.2) is 42.5 Å². The maximum absolute atomic E-state index is 14.1. The van der Waals surface area contributed by atoms with Crippen LogP contribution in [0, 0.1) is 0 Å². The van der Waals surface area contributed by atoms with Crippen LogP contribution in [0.25, 0.3) is 10.9 Å². The van der Waals surface area contributed by atoms with Crippen LogP contribution in [0.5, 0.6) is 5.75 Å². The van der Waals surface area contributed by atoms with Crippen molar-refractivity contribution in [1.82, 2.24) is 14.8 Å². The first-order valence-electron chi connectivity index (χ1n) is 10.3. The van der Waals surface area contributed by atoms with Crippen molar-refractivity contribution in [3.63, 3.8) is 0 Å². The Bertz CT molecular complexity index is 1390. The van der Waals surface area contributed by atoms with Gasteiger partial charge in [-0.2, -0.15) is 0 Å². The summed E-state index contributed by atoms with van der Waals surface area (Å²) in [6, 6.07) is 11.2. The second-order valence-electron chi connectivity index (χ2n) is 8.48. The summed E-state index contributed by atoms with van der Waals surface area (Å²) in [5.74, 6) is -1.29. The highest BCUT2D eigenvalue weighted by Crippen LogP contribution is 2.50. The molecular formula is C24H19N3O5. The van der Waals surface area contributed by atoms with E-state index < -0.39 is 29.1 Å². The number of amides is 2. The van der Waals surface area contributed by atoms with Gasteiger partial charge in [-0.3, -0.25) is 19.2 Å². The molecule has 3 heterocycles. The third-order valence-corrected chi connectivity index (χ3v) is 6.92.